The Kier molecular flexibility index (Phi) is 4.76. The Balaban J connectivity index is 1.54. The largest absolute Gasteiger partial charge is 0.478 e. The molecule has 2 aromatic rings. The van der Waals surface area contributed by atoms with Gasteiger partial charge in [-0.05, 0) is 58.8 Å². The summed E-state index contributed by atoms with van der Waals surface area (Å²) in [5.74, 6) is -0.254. The first-order chi connectivity index (χ1) is 11.1. The zero-order valence-electron chi connectivity index (χ0n) is 12.8. The molecule has 0 atom stereocenters. The second-order valence-corrected chi connectivity index (χ2v) is 6.67. The zero-order valence-corrected chi connectivity index (χ0v) is 13.6. The van der Waals surface area contributed by atoms with E-state index in [1.165, 1.54) is 5.56 Å². The van der Waals surface area contributed by atoms with Crippen molar-refractivity contribution >= 4 is 23.2 Å². The van der Waals surface area contributed by atoms with Crippen molar-refractivity contribution in [3.05, 3.63) is 57.8 Å². The van der Waals surface area contributed by atoms with Gasteiger partial charge in [0.15, 0.2) is 0 Å². The van der Waals surface area contributed by atoms with Crippen molar-refractivity contribution < 1.29 is 14.7 Å². The Hall–Kier alpha value is -2.14. The van der Waals surface area contributed by atoms with Gasteiger partial charge in [-0.2, -0.15) is 11.3 Å². The molecule has 4 nitrogen and oxygen atoms in total. The first kappa shape index (κ1) is 15.7. The van der Waals surface area contributed by atoms with Crippen molar-refractivity contribution in [1.82, 2.24) is 4.90 Å². The lowest BCUT2D eigenvalue weighted by molar-refractivity contribution is -0.131. The van der Waals surface area contributed by atoms with Gasteiger partial charge in [0.1, 0.15) is 0 Å². The quantitative estimate of drug-likeness (QED) is 0.935. The molecule has 1 aromatic heterocycles. The van der Waals surface area contributed by atoms with E-state index in [9.17, 15) is 9.59 Å². The molecule has 1 N–H and O–H groups in total. The van der Waals surface area contributed by atoms with Crippen LogP contribution < -0.4 is 0 Å². The van der Waals surface area contributed by atoms with Crippen molar-refractivity contribution in [2.75, 3.05) is 13.1 Å². The molecule has 1 aliphatic heterocycles. The molecule has 0 aliphatic carbocycles. The number of rotatable bonds is 4. The van der Waals surface area contributed by atoms with Crippen LogP contribution in [-0.2, 0) is 11.2 Å². The van der Waals surface area contributed by atoms with Crippen molar-refractivity contribution in [2.24, 2.45) is 0 Å². The molecule has 0 bridgehead atoms. The highest BCUT2D eigenvalue weighted by Gasteiger charge is 2.24. The number of piperidine rings is 1. The Morgan fingerprint density at radius 1 is 1.13 bits per heavy atom. The number of carboxylic acid groups (broad SMARTS) is 1. The maximum Gasteiger partial charge on any atom is 0.335 e. The summed E-state index contributed by atoms with van der Waals surface area (Å²) in [5, 5.41) is 13.2. The van der Waals surface area contributed by atoms with E-state index in [-0.39, 0.29) is 11.5 Å². The fourth-order valence-corrected chi connectivity index (χ4v) is 3.76. The third kappa shape index (κ3) is 3.79. The molecule has 120 valence electrons. The normalized spacial score (nSPS) is 15.6. The first-order valence-corrected chi connectivity index (χ1v) is 8.70. The van der Waals surface area contributed by atoms with Crippen LogP contribution in [0.5, 0.6) is 0 Å². The lowest BCUT2D eigenvalue weighted by Crippen LogP contribution is -2.38. The summed E-state index contributed by atoms with van der Waals surface area (Å²) < 4.78 is 0. The van der Waals surface area contributed by atoms with Gasteiger partial charge in [0, 0.05) is 13.1 Å². The third-order valence-corrected chi connectivity index (χ3v) is 5.12. The lowest BCUT2D eigenvalue weighted by atomic mass is 9.91. The third-order valence-electron chi connectivity index (χ3n) is 4.42. The average molecular weight is 329 g/mol. The highest BCUT2D eigenvalue weighted by atomic mass is 32.1. The number of carbonyl (C=O) groups excluding carboxylic acids is 1. The van der Waals surface area contributed by atoms with Crippen LogP contribution in [-0.4, -0.2) is 35.0 Å². The zero-order chi connectivity index (χ0) is 16.2. The summed E-state index contributed by atoms with van der Waals surface area (Å²) in [7, 11) is 0. The number of amides is 1. The number of carboxylic acids is 1. The van der Waals surface area contributed by atoms with Crippen LogP contribution >= 0.6 is 11.3 Å². The summed E-state index contributed by atoms with van der Waals surface area (Å²) in [6, 6.07) is 8.72. The number of hydrogen-bond donors (Lipinski definition) is 1. The van der Waals surface area contributed by atoms with Crippen LogP contribution in [0.1, 0.15) is 40.2 Å². The molecule has 3 rings (SSSR count). The molecule has 1 saturated heterocycles. The molecule has 0 unspecified atom stereocenters. The molecule has 1 aliphatic rings. The molecular weight excluding hydrogens is 310 g/mol. The van der Waals surface area contributed by atoms with Crippen LogP contribution in [0.4, 0.5) is 0 Å². The molecule has 0 saturated carbocycles. The molecule has 1 aromatic carbocycles. The van der Waals surface area contributed by atoms with Gasteiger partial charge in [-0.3, -0.25) is 4.79 Å². The second kappa shape index (κ2) is 6.96. The summed E-state index contributed by atoms with van der Waals surface area (Å²) >= 11 is 1.72. The number of thiophene rings is 1. The Labute approximate surface area is 139 Å². The predicted molar refractivity (Wildman–Crippen MR) is 90.0 cm³/mol. The average Bonchev–Trinajstić information content (AvgIpc) is 3.10. The topological polar surface area (TPSA) is 57.6 Å². The van der Waals surface area contributed by atoms with E-state index in [1.807, 2.05) is 4.90 Å². The molecule has 23 heavy (non-hydrogen) atoms. The number of hydrogen-bond acceptors (Lipinski definition) is 3. The minimum Gasteiger partial charge on any atom is -0.478 e. The summed E-state index contributed by atoms with van der Waals surface area (Å²) in [4.78, 5) is 25.2. The van der Waals surface area contributed by atoms with Gasteiger partial charge < -0.3 is 10.0 Å². The molecule has 0 radical (unpaired) electrons. The predicted octanol–water partition coefficient (Wildman–Crippen LogP) is 3.40. The van der Waals surface area contributed by atoms with E-state index >= 15 is 0 Å². The number of nitrogens with zero attached hydrogens (tertiary/aromatic N) is 1. The van der Waals surface area contributed by atoms with Crippen LogP contribution in [0.25, 0.3) is 0 Å². The maximum absolute atomic E-state index is 12.4. The Morgan fingerprint density at radius 2 is 1.83 bits per heavy atom. The van der Waals surface area contributed by atoms with Crippen molar-refractivity contribution in [1.29, 1.82) is 0 Å². The molecule has 0 spiro atoms. The molecule has 1 amide bonds. The van der Waals surface area contributed by atoms with Gasteiger partial charge in [0.25, 0.3) is 0 Å². The fourth-order valence-electron chi connectivity index (χ4n) is 3.02. The monoisotopic (exact) mass is 329 g/mol. The molecule has 1 fully saturated rings. The van der Waals surface area contributed by atoms with E-state index in [4.69, 9.17) is 5.11 Å². The van der Waals surface area contributed by atoms with E-state index < -0.39 is 5.97 Å². The van der Waals surface area contributed by atoms with Gasteiger partial charge in [-0.1, -0.05) is 12.1 Å². The fraction of sp³-hybridized carbons (Fsp3) is 0.333. The molecular formula is C18H19NO3S. The van der Waals surface area contributed by atoms with Crippen molar-refractivity contribution in [3.63, 3.8) is 0 Å². The van der Waals surface area contributed by atoms with Gasteiger partial charge in [0.2, 0.25) is 5.91 Å². The maximum atomic E-state index is 12.4. The Morgan fingerprint density at radius 3 is 2.39 bits per heavy atom. The van der Waals surface area contributed by atoms with Crippen molar-refractivity contribution in [3.8, 4) is 0 Å². The first-order valence-electron chi connectivity index (χ1n) is 7.75. The second-order valence-electron chi connectivity index (χ2n) is 5.89. The number of benzene rings is 1. The molecule has 2 heterocycles. The number of carbonyl (C=O) groups is 2. The van der Waals surface area contributed by atoms with Crippen LogP contribution in [0.2, 0.25) is 0 Å². The highest BCUT2D eigenvalue weighted by Crippen LogP contribution is 2.29. The van der Waals surface area contributed by atoms with Crippen LogP contribution in [0.3, 0.4) is 0 Å². The van der Waals surface area contributed by atoms with E-state index in [0.717, 1.165) is 31.5 Å². The standard InChI is InChI=1S/C18H19NO3S/c20-17(11-13-1-3-15(4-2-13)18(21)22)19-8-5-14(6-9-19)16-7-10-23-12-16/h1-4,7,10,12,14H,5-6,8-9,11H2,(H,21,22). The van der Waals surface area contributed by atoms with E-state index in [0.29, 0.717) is 12.3 Å². The summed E-state index contributed by atoms with van der Waals surface area (Å²) in [6.07, 6.45) is 2.36. The Bertz CT molecular complexity index is 671. The summed E-state index contributed by atoms with van der Waals surface area (Å²) in [5.41, 5.74) is 2.50. The molecule has 5 heteroatoms. The minimum atomic E-state index is -0.946. The minimum absolute atomic E-state index is 0.122. The van der Waals surface area contributed by atoms with Gasteiger partial charge in [0.05, 0.1) is 12.0 Å². The van der Waals surface area contributed by atoms with E-state index in [1.54, 1.807) is 35.6 Å². The van der Waals surface area contributed by atoms with Crippen LogP contribution in [0.15, 0.2) is 41.1 Å². The van der Waals surface area contributed by atoms with E-state index in [2.05, 4.69) is 16.8 Å². The van der Waals surface area contributed by atoms with Gasteiger partial charge in [-0.15, -0.1) is 0 Å². The lowest BCUT2D eigenvalue weighted by Gasteiger charge is -2.32. The number of aromatic carboxylic acids is 1. The smallest absolute Gasteiger partial charge is 0.335 e. The SMILES string of the molecule is O=C(O)c1ccc(CC(=O)N2CCC(c3ccsc3)CC2)cc1. The van der Waals surface area contributed by atoms with Gasteiger partial charge >= 0.3 is 5.97 Å². The highest BCUT2D eigenvalue weighted by molar-refractivity contribution is 7.07. The number of likely N-dealkylation sites (tertiary alicyclic amines) is 1. The van der Waals surface area contributed by atoms with Gasteiger partial charge in [-0.25, -0.2) is 4.79 Å². The van der Waals surface area contributed by atoms with Crippen molar-refractivity contribution in [2.45, 2.75) is 25.2 Å². The van der Waals surface area contributed by atoms with Crippen LogP contribution in [0, 0.1) is 0 Å². The summed E-state index contributed by atoms with van der Waals surface area (Å²) in [6.45, 7) is 1.60.